The predicted octanol–water partition coefficient (Wildman–Crippen LogP) is 5.89. The molecule has 0 bridgehead atoms. The number of nitrogens with zero attached hydrogens (tertiary/aromatic N) is 2. The quantitative estimate of drug-likeness (QED) is 0.322. The number of nitrogens with one attached hydrogen (secondary N) is 3. The highest BCUT2D eigenvalue weighted by atomic mass is 35.5. The highest BCUT2D eigenvalue weighted by Crippen LogP contribution is 2.37. The molecular weight excluding hydrogens is 438 g/mol. The zero-order chi connectivity index (χ0) is 23.4. The minimum Gasteiger partial charge on any atom is -0.508 e. The van der Waals surface area contributed by atoms with E-state index in [1.807, 2.05) is 13.8 Å². The van der Waals surface area contributed by atoms with E-state index in [0.29, 0.717) is 22.7 Å². The van der Waals surface area contributed by atoms with E-state index < -0.39 is 0 Å². The molecule has 2 aromatic carbocycles. The number of rotatable bonds is 7. The number of hydrogen-bond donors (Lipinski definition) is 4. The molecule has 1 aliphatic rings. The van der Waals surface area contributed by atoms with Crippen LogP contribution in [0.5, 0.6) is 11.5 Å². The average molecular weight is 468 g/mol. The smallest absolute Gasteiger partial charge is 0.229 e. The van der Waals surface area contributed by atoms with Crippen LogP contribution in [0.25, 0.3) is 0 Å². The van der Waals surface area contributed by atoms with Crippen LogP contribution in [0.2, 0.25) is 5.02 Å². The molecule has 0 radical (unpaired) electrons. The van der Waals surface area contributed by atoms with E-state index in [4.69, 9.17) is 16.3 Å². The molecule has 0 amide bonds. The number of aromatic hydroxyl groups is 1. The van der Waals surface area contributed by atoms with Crippen molar-refractivity contribution in [2.45, 2.75) is 45.6 Å². The number of halogens is 1. The van der Waals surface area contributed by atoms with Crippen LogP contribution < -0.4 is 20.7 Å². The van der Waals surface area contributed by atoms with Gasteiger partial charge in [-0.2, -0.15) is 4.98 Å². The Labute approximate surface area is 199 Å². The first-order valence-electron chi connectivity index (χ1n) is 11.3. The Balaban J connectivity index is 1.62. The van der Waals surface area contributed by atoms with Gasteiger partial charge in [-0.05, 0) is 100 Å². The van der Waals surface area contributed by atoms with Gasteiger partial charge in [-0.3, -0.25) is 0 Å². The highest BCUT2D eigenvalue weighted by Gasteiger charge is 2.20. The molecule has 0 spiro atoms. The second kappa shape index (κ2) is 10.3. The van der Waals surface area contributed by atoms with Crippen molar-refractivity contribution in [1.82, 2.24) is 15.3 Å². The van der Waals surface area contributed by atoms with E-state index in [9.17, 15) is 5.11 Å². The maximum Gasteiger partial charge on any atom is 0.229 e. The lowest BCUT2D eigenvalue weighted by Gasteiger charge is -2.26. The van der Waals surface area contributed by atoms with Crippen molar-refractivity contribution in [1.29, 1.82) is 0 Å². The van der Waals surface area contributed by atoms with Gasteiger partial charge in [0.25, 0.3) is 0 Å². The highest BCUT2D eigenvalue weighted by molar-refractivity contribution is 6.32. The molecule has 7 nitrogen and oxygen atoms in total. The van der Waals surface area contributed by atoms with Crippen LogP contribution in [-0.4, -0.2) is 34.3 Å². The standard InChI is InChI=1S/C25H30ClN5O2/c1-15(2)33-23-13-20(17-8-10-27-11-9-17)16(3)12-22(23)30-25-28-14-21(26)24(31-25)29-18-4-6-19(32)7-5-18/h4-7,12-15,17,27,32H,8-11H2,1-3H3,(H2,28,29,30,31). The number of aromatic nitrogens is 2. The molecule has 0 aliphatic carbocycles. The lowest BCUT2D eigenvalue weighted by atomic mass is 9.87. The van der Waals surface area contributed by atoms with Crippen molar-refractivity contribution in [2.75, 3.05) is 23.7 Å². The lowest BCUT2D eigenvalue weighted by Crippen LogP contribution is -2.27. The van der Waals surface area contributed by atoms with Gasteiger partial charge >= 0.3 is 0 Å². The third-order valence-electron chi connectivity index (χ3n) is 5.63. The van der Waals surface area contributed by atoms with Crippen LogP contribution in [0.4, 0.5) is 23.1 Å². The Morgan fingerprint density at radius 1 is 1.12 bits per heavy atom. The van der Waals surface area contributed by atoms with Gasteiger partial charge in [-0.15, -0.1) is 0 Å². The summed E-state index contributed by atoms with van der Waals surface area (Å²) in [4.78, 5) is 8.91. The SMILES string of the molecule is Cc1cc(Nc2ncc(Cl)c(Nc3ccc(O)cc3)n2)c(OC(C)C)cc1C1CCNCC1. The predicted molar refractivity (Wildman–Crippen MR) is 134 cm³/mol. The van der Waals surface area contributed by atoms with Gasteiger partial charge in [0, 0.05) is 5.69 Å². The van der Waals surface area contributed by atoms with E-state index in [-0.39, 0.29) is 11.9 Å². The van der Waals surface area contributed by atoms with E-state index in [0.717, 1.165) is 43.1 Å². The second-order valence-corrected chi connectivity index (χ2v) is 8.99. The summed E-state index contributed by atoms with van der Waals surface area (Å²) in [6.45, 7) is 8.26. The van der Waals surface area contributed by atoms with Crippen molar-refractivity contribution in [3.8, 4) is 11.5 Å². The Bertz CT molecular complexity index is 1100. The van der Waals surface area contributed by atoms with Gasteiger partial charge in [0.15, 0.2) is 5.82 Å². The number of piperidine rings is 1. The summed E-state index contributed by atoms with van der Waals surface area (Å²) in [5, 5.41) is 19.8. The molecule has 1 aliphatic heterocycles. The fraction of sp³-hybridized carbons (Fsp3) is 0.360. The van der Waals surface area contributed by atoms with Gasteiger partial charge in [0.1, 0.15) is 16.5 Å². The number of ether oxygens (including phenoxy) is 1. The fourth-order valence-corrected chi connectivity index (χ4v) is 4.18. The first-order valence-corrected chi connectivity index (χ1v) is 11.6. The van der Waals surface area contributed by atoms with Crippen LogP contribution in [0.1, 0.15) is 43.7 Å². The second-order valence-electron chi connectivity index (χ2n) is 8.58. The molecule has 4 rings (SSSR count). The molecule has 2 heterocycles. The molecule has 1 fully saturated rings. The Morgan fingerprint density at radius 3 is 2.55 bits per heavy atom. The lowest BCUT2D eigenvalue weighted by molar-refractivity contribution is 0.243. The van der Waals surface area contributed by atoms with Crippen molar-refractivity contribution < 1.29 is 9.84 Å². The zero-order valence-corrected chi connectivity index (χ0v) is 19.9. The number of anilines is 4. The molecule has 0 saturated carbocycles. The largest absolute Gasteiger partial charge is 0.508 e. The Morgan fingerprint density at radius 2 is 1.85 bits per heavy atom. The van der Waals surface area contributed by atoms with Gasteiger partial charge in [-0.1, -0.05) is 11.6 Å². The topological polar surface area (TPSA) is 91.3 Å². The molecule has 33 heavy (non-hydrogen) atoms. The van der Waals surface area contributed by atoms with Crippen molar-refractivity contribution in [2.24, 2.45) is 0 Å². The summed E-state index contributed by atoms with van der Waals surface area (Å²) in [7, 11) is 0. The van der Waals surface area contributed by atoms with Crippen molar-refractivity contribution in [3.05, 3.63) is 58.7 Å². The zero-order valence-electron chi connectivity index (χ0n) is 19.2. The first kappa shape index (κ1) is 23.1. The summed E-state index contributed by atoms with van der Waals surface area (Å²) in [6.07, 6.45) is 3.84. The maximum atomic E-state index is 9.49. The molecule has 1 saturated heterocycles. The van der Waals surface area contributed by atoms with Crippen LogP contribution >= 0.6 is 11.6 Å². The van der Waals surface area contributed by atoms with E-state index >= 15 is 0 Å². The molecule has 174 valence electrons. The Hall–Kier alpha value is -3.03. The van der Waals surface area contributed by atoms with Crippen molar-refractivity contribution in [3.63, 3.8) is 0 Å². The molecule has 8 heteroatoms. The minimum absolute atomic E-state index is 0.0342. The van der Waals surface area contributed by atoms with E-state index in [1.54, 1.807) is 30.5 Å². The molecule has 3 aromatic rings. The number of phenols is 1. The molecular formula is C25H30ClN5O2. The third kappa shape index (κ3) is 5.86. The van der Waals surface area contributed by atoms with Crippen molar-refractivity contribution >= 4 is 34.7 Å². The monoisotopic (exact) mass is 467 g/mol. The average Bonchev–Trinajstić information content (AvgIpc) is 2.79. The van der Waals surface area contributed by atoms with E-state index in [1.165, 1.54) is 11.1 Å². The summed E-state index contributed by atoms with van der Waals surface area (Å²) in [5.41, 5.74) is 4.13. The first-order chi connectivity index (χ1) is 15.9. The van der Waals surface area contributed by atoms with Crippen LogP contribution in [0.15, 0.2) is 42.6 Å². The molecule has 0 unspecified atom stereocenters. The summed E-state index contributed by atoms with van der Waals surface area (Å²) >= 11 is 6.32. The minimum atomic E-state index is 0.0342. The van der Waals surface area contributed by atoms with Crippen LogP contribution in [0, 0.1) is 6.92 Å². The molecule has 1 aromatic heterocycles. The fourth-order valence-electron chi connectivity index (χ4n) is 4.04. The van der Waals surface area contributed by atoms with E-state index in [2.05, 4.69) is 45.0 Å². The summed E-state index contributed by atoms with van der Waals surface area (Å²) in [5.74, 6) is 2.38. The van der Waals surface area contributed by atoms with Gasteiger partial charge in [0.05, 0.1) is 18.0 Å². The normalized spacial score (nSPS) is 14.3. The number of benzene rings is 2. The number of aryl methyl sites for hydroxylation is 1. The third-order valence-corrected chi connectivity index (χ3v) is 5.91. The number of hydrogen-bond acceptors (Lipinski definition) is 7. The molecule has 0 atom stereocenters. The maximum absolute atomic E-state index is 9.49. The summed E-state index contributed by atoms with van der Waals surface area (Å²) < 4.78 is 6.17. The van der Waals surface area contributed by atoms with Gasteiger partial charge in [-0.25, -0.2) is 4.98 Å². The molecule has 4 N–H and O–H groups in total. The van der Waals surface area contributed by atoms with Gasteiger partial charge < -0.3 is 25.8 Å². The van der Waals surface area contributed by atoms with Crippen LogP contribution in [0.3, 0.4) is 0 Å². The summed E-state index contributed by atoms with van der Waals surface area (Å²) in [6, 6.07) is 11.0. The van der Waals surface area contributed by atoms with Crippen LogP contribution in [-0.2, 0) is 0 Å². The number of phenolic OH excluding ortho intramolecular Hbond substituents is 1. The Kier molecular flexibility index (Phi) is 7.20. The van der Waals surface area contributed by atoms with Gasteiger partial charge in [0.2, 0.25) is 5.95 Å².